The maximum atomic E-state index is 11.5. The zero-order chi connectivity index (χ0) is 12.1. The van der Waals surface area contributed by atoms with E-state index in [4.69, 9.17) is 0 Å². The zero-order valence-corrected chi connectivity index (χ0v) is 12.2. The Morgan fingerprint density at radius 1 is 1.31 bits per heavy atom. The molecule has 1 aromatic rings. The SMILES string of the molecule is CC(CC(=O)N(C)C)Cc1ccc(I)cc1. The highest BCUT2D eigenvalue weighted by atomic mass is 127. The van der Waals surface area contributed by atoms with Crippen molar-refractivity contribution >= 4 is 28.5 Å². The first-order valence-electron chi connectivity index (χ1n) is 5.43. The second-order valence-corrected chi connectivity index (χ2v) is 5.67. The molecule has 0 bridgehead atoms. The van der Waals surface area contributed by atoms with Crippen LogP contribution < -0.4 is 0 Å². The molecule has 0 aliphatic carbocycles. The normalized spacial score (nSPS) is 12.2. The molecule has 2 nitrogen and oxygen atoms in total. The molecule has 0 saturated heterocycles. The molecule has 3 heteroatoms. The van der Waals surface area contributed by atoms with E-state index in [1.807, 2.05) is 0 Å². The van der Waals surface area contributed by atoms with Gasteiger partial charge in [0.05, 0.1) is 0 Å². The molecule has 0 spiro atoms. The van der Waals surface area contributed by atoms with E-state index in [1.54, 1.807) is 19.0 Å². The molecule has 0 fully saturated rings. The van der Waals surface area contributed by atoms with Gasteiger partial charge in [0.15, 0.2) is 0 Å². The average Bonchev–Trinajstić information content (AvgIpc) is 2.21. The number of rotatable bonds is 4. The Bertz CT molecular complexity index is 345. The molecular weight excluding hydrogens is 313 g/mol. The van der Waals surface area contributed by atoms with E-state index in [-0.39, 0.29) is 5.91 Å². The number of nitrogens with zero attached hydrogens (tertiary/aromatic N) is 1. The van der Waals surface area contributed by atoms with E-state index < -0.39 is 0 Å². The van der Waals surface area contributed by atoms with Gasteiger partial charge in [0.2, 0.25) is 5.91 Å². The molecule has 0 N–H and O–H groups in total. The van der Waals surface area contributed by atoms with Crippen LogP contribution in [0.15, 0.2) is 24.3 Å². The fourth-order valence-electron chi connectivity index (χ4n) is 1.58. The van der Waals surface area contributed by atoms with Crippen LogP contribution in [-0.2, 0) is 11.2 Å². The van der Waals surface area contributed by atoms with Crippen molar-refractivity contribution in [3.8, 4) is 0 Å². The molecule has 1 unspecified atom stereocenters. The lowest BCUT2D eigenvalue weighted by Crippen LogP contribution is -2.24. The Labute approximate surface area is 111 Å². The van der Waals surface area contributed by atoms with Crippen molar-refractivity contribution in [1.82, 2.24) is 4.90 Å². The lowest BCUT2D eigenvalue weighted by molar-refractivity contribution is -0.129. The predicted molar refractivity (Wildman–Crippen MR) is 75.3 cm³/mol. The summed E-state index contributed by atoms with van der Waals surface area (Å²) in [5, 5.41) is 0. The van der Waals surface area contributed by atoms with Gasteiger partial charge in [-0.2, -0.15) is 0 Å². The third-order valence-corrected chi connectivity index (χ3v) is 3.24. The van der Waals surface area contributed by atoms with Gasteiger partial charge in [0, 0.05) is 24.1 Å². The van der Waals surface area contributed by atoms with Crippen LogP contribution in [0.1, 0.15) is 18.9 Å². The number of hydrogen-bond donors (Lipinski definition) is 0. The van der Waals surface area contributed by atoms with Crippen LogP contribution in [0.3, 0.4) is 0 Å². The first kappa shape index (κ1) is 13.5. The third kappa shape index (κ3) is 4.51. The number of benzene rings is 1. The first-order chi connectivity index (χ1) is 7.49. The number of carbonyl (C=O) groups excluding carboxylic acids is 1. The van der Waals surface area contributed by atoms with E-state index in [0.29, 0.717) is 12.3 Å². The fourth-order valence-corrected chi connectivity index (χ4v) is 1.94. The number of halogens is 1. The van der Waals surface area contributed by atoms with Gasteiger partial charge in [-0.05, 0) is 52.6 Å². The highest BCUT2D eigenvalue weighted by Gasteiger charge is 2.11. The van der Waals surface area contributed by atoms with Gasteiger partial charge in [-0.25, -0.2) is 0 Å². The minimum absolute atomic E-state index is 0.206. The highest BCUT2D eigenvalue weighted by molar-refractivity contribution is 14.1. The molecule has 1 rings (SSSR count). The van der Waals surface area contributed by atoms with Crippen LogP contribution in [0.5, 0.6) is 0 Å². The number of amides is 1. The molecule has 16 heavy (non-hydrogen) atoms. The van der Waals surface area contributed by atoms with Crippen molar-refractivity contribution in [2.75, 3.05) is 14.1 Å². The average molecular weight is 331 g/mol. The van der Waals surface area contributed by atoms with Crippen LogP contribution in [0.4, 0.5) is 0 Å². The van der Waals surface area contributed by atoms with Crippen LogP contribution in [0.25, 0.3) is 0 Å². The quantitative estimate of drug-likeness (QED) is 0.777. The standard InChI is InChI=1S/C13H18INO/c1-10(9-13(16)15(2)3)8-11-4-6-12(14)7-5-11/h4-7,10H,8-9H2,1-3H3. The molecule has 1 aromatic carbocycles. The van der Waals surface area contributed by atoms with E-state index in [1.165, 1.54) is 9.13 Å². The summed E-state index contributed by atoms with van der Waals surface area (Å²) in [6.45, 7) is 2.12. The van der Waals surface area contributed by atoms with Crippen molar-refractivity contribution < 1.29 is 4.79 Å². The molecule has 0 aliphatic heterocycles. The lowest BCUT2D eigenvalue weighted by Gasteiger charge is -2.15. The van der Waals surface area contributed by atoms with E-state index in [0.717, 1.165) is 6.42 Å². The summed E-state index contributed by atoms with van der Waals surface area (Å²) in [6, 6.07) is 8.49. The van der Waals surface area contributed by atoms with Crippen molar-refractivity contribution in [1.29, 1.82) is 0 Å². The minimum Gasteiger partial charge on any atom is -0.349 e. The Hall–Kier alpha value is -0.580. The smallest absolute Gasteiger partial charge is 0.222 e. The Balaban J connectivity index is 2.48. The Kier molecular flexibility index (Phi) is 5.25. The van der Waals surface area contributed by atoms with Gasteiger partial charge in [-0.15, -0.1) is 0 Å². The minimum atomic E-state index is 0.206. The van der Waals surface area contributed by atoms with Gasteiger partial charge in [0.25, 0.3) is 0 Å². The molecule has 1 amide bonds. The van der Waals surface area contributed by atoms with Crippen molar-refractivity contribution in [3.05, 3.63) is 33.4 Å². The summed E-state index contributed by atoms with van der Waals surface area (Å²) in [4.78, 5) is 13.2. The summed E-state index contributed by atoms with van der Waals surface area (Å²) in [5.74, 6) is 0.605. The molecular formula is C13H18INO. The topological polar surface area (TPSA) is 20.3 Å². The van der Waals surface area contributed by atoms with Crippen LogP contribution in [0.2, 0.25) is 0 Å². The second kappa shape index (κ2) is 6.23. The molecule has 0 heterocycles. The summed E-state index contributed by atoms with van der Waals surface area (Å²) < 4.78 is 1.25. The van der Waals surface area contributed by atoms with Gasteiger partial charge < -0.3 is 4.90 Å². The second-order valence-electron chi connectivity index (χ2n) is 4.43. The van der Waals surface area contributed by atoms with E-state index in [9.17, 15) is 4.79 Å². The van der Waals surface area contributed by atoms with Crippen LogP contribution in [-0.4, -0.2) is 24.9 Å². The number of carbonyl (C=O) groups is 1. The van der Waals surface area contributed by atoms with Crippen molar-refractivity contribution in [3.63, 3.8) is 0 Å². The molecule has 88 valence electrons. The molecule has 0 radical (unpaired) electrons. The van der Waals surface area contributed by atoms with Crippen molar-refractivity contribution in [2.24, 2.45) is 5.92 Å². The van der Waals surface area contributed by atoms with Gasteiger partial charge in [-0.1, -0.05) is 19.1 Å². The monoisotopic (exact) mass is 331 g/mol. The molecule has 1 atom stereocenters. The maximum Gasteiger partial charge on any atom is 0.222 e. The number of hydrogen-bond acceptors (Lipinski definition) is 1. The van der Waals surface area contributed by atoms with Gasteiger partial charge in [-0.3, -0.25) is 4.79 Å². The lowest BCUT2D eigenvalue weighted by atomic mass is 9.98. The van der Waals surface area contributed by atoms with Crippen molar-refractivity contribution in [2.45, 2.75) is 19.8 Å². The summed E-state index contributed by atoms with van der Waals surface area (Å²) in [6.07, 6.45) is 1.59. The first-order valence-corrected chi connectivity index (χ1v) is 6.51. The fraction of sp³-hybridized carbons (Fsp3) is 0.462. The molecule has 0 aromatic heterocycles. The van der Waals surface area contributed by atoms with Gasteiger partial charge >= 0.3 is 0 Å². The van der Waals surface area contributed by atoms with E-state index in [2.05, 4.69) is 53.8 Å². The predicted octanol–water partition coefficient (Wildman–Crippen LogP) is 2.95. The third-order valence-electron chi connectivity index (χ3n) is 2.52. The van der Waals surface area contributed by atoms with Crippen LogP contribution in [0, 0.1) is 9.49 Å². The molecule has 0 aliphatic rings. The maximum absolute atomic E-state index is 11.5. The molecule has 0 saturated carbocycles. The highest BCUT2D eigenvalue weighted by Crippen LogP contribution is 2.14. The largest absolute Gasteiger partial charge is 0.349 e. The summed E-state index contributed by atoms with van der Waals surface area (Å²) in [5.41, 5.74) is 1.31. The van der Waals surface area contributed by atoms with Gasteiger partial charge in [0.1, 0.15) is 0 Å². The summed E-state index contributed by atoms with van der Waals surface area (Å²) in [7, 11) is 3.61. The zero-order valence-electron chi connectivity index (χ0n) is 10.0. The van der Waals surface area contributed by atoms with E-state index >= 15 is 0 Å². The Morgan fingerprint density at radius 3 is 2.38 bits per heavy atom. The Morgan fingerprint density at radius 2 is 1.88 bits per heavy atom. The summed E-state index contributed by atoms with van der Waals surface area (Å²) >= 11 is 2.30. The van der Waals surface area contributed by atoms with Crippen LogP contribution >= 0.6 is 22.6 Å².